The van der Waals surface area contributed by atoms with Crippen LogP contribution in [0.1, 0.15) is 0 Å². The van der Waals surface area contributed by atoms with E-state index in [1.54, 1.807) is 0 Å². The molecule has 0 spiro atoms. The van der Waals surface area contributed by atoms with Crippen LogP contribution in [0.2, 0.25) is 0 Å². The largest absolute Gasteiger partial charge is 0.245 e. The molecule has 0 amide bonds. The van der Waals surface area contributed by atoms with Gasteiger partial charge < -0.3 is 0 Å². The molecule has 0 aliphatic heterocycles. The number of hydrogen-bond donors (Lipinski definition) is 0. The van der Waals surface area contributed by atoms with Crippen LogP contribution in [0.3, 0.4) is 0 Å². The van der Waals surface area contributed by atoms with E-state index in [0.29, 0.717) is 5.52 Å². The predicted octanol–water partition coefficient (Wildman–Crippen LogP) is 2.57. The molecule has 1 heterocycles. The monoisotopic (exact) mass is 171 g/mol. The molecular formula is C7H3F2NS. The van der Waals surface area contributed by atoms with Crippen molar-refractivity contribution in [2.45, 2.75) is 0 Å². The van der Waals surface area contributed by atoms with Crippen molar-refractivity contribution in [3.63, 3.8) is 0 Å². The van der Waals surface area contributed by atoms with Gasteiger partial charge in [0.15, 0.2) is 11.6 Å². The third-order valence-electron chi connectivity index (χ3n) is 1.39. The van der Waals surface area contributed by atoms with Gasteiger partial charge in [-0.05, 0) is 12.1 Å². The quantitative estimate of drug-likeness (QED) is 0.593. The van der Waals surface area contributed by atoms with Crippen molar-refractivity contribution in [1.82, 2.24) is 4.98 Å². The number of fused-ring (bicyclic) bond motifs is 1. The number of nitrogens with zero attached hydrogens (tertiary/aromatic N) is 1. The molecule has 0 radical (unpaired) electrons. The standard InChI is InChI=1S/C7H3F2NS/c8-4-1-2-5-7(6(4)9)11-3-10-5/h1-3H. The number of thiazole rings is 1. The van der Waals surface area contributed by atoms with Crippen molar-refractivity contribution in [1.29, 1.82) is 0 Å². The molecule has 56 valence electrons. The lowest BCUT2D eigenvalue weighted by atomic mass is 10.3. The van der Waals surface area contributed by atoms with Crippen molar-refractivity contribution in [3.8, 4) is 0 Å². The van der Waals surface area contributed by atoms with E-state index in [-0.39, 0.29) is 4.70 Å². The minimum atomic E-state index is -0.818. The molecule has 11 heavy (non-hydrogen) atoms. The summed E-state index contributed by atoms with van der Waals surface area (Å²) in [4.78, 5) is 3.83. The van der Waals surface area contributed by atoms with Gasteiger partial charge in [0.25, 0.3) is 0 Å². The second-order valence-corrected chi connectivity index (χ2v) is 2.92. The number of benzene rings is 1. The van der Waals surface area contributed by atoms with E-state index in [1.165, 1.54) is 11.6 Å². The van der Waals surface area contributed by atoms with Crippen LogP contribution in [0.25, 0.3) is 10.2 Å². The van der Waals surface area contributed by atoms with Gasteiger partial charge in [-0.2, -0.15) is 0 Å². The van der Waals surface area contributed by atoms with Crippen LogP contribution in [0.4, 0.5) is 8.78 Å². The topological polar surface area (TPSA) is 12.9 Å². The summed E-state index contributed by atoms with van der Waals surface area (Å²) in [5.41, 5.74) is 2.00. The van der Waals surface area contributed by atoms with E-state index in [0.717, 1.165) is 17.4 Å². The van der Waals surface area contributed by atoms with Crippen LogP contribution in [0.5, 0.6) is 0 Å². The Bertz CT molecular complexity index is 396. The Kier molecular flexibility index (Phi) is 1.35. The van der Waals surface area contributed by atoms with Gasteiger partial charge in [0.2, 0.25) is 0 Å². The molecule has 1 aromatic carbocycles. The number of halogens is 2. The molecule has 0 aliphatic carbocycles. The lowest BCUT2D eigenvalue weighted by Gasteiger charge is -1.90. The molecule has 2 rings (SSSR count). The smallest absolute Gasteiger partial charge is 0.178 e. The highest BCUT2D eigenvalue weighted by atomic mass is 32.1. The van der Waals surface area contributed by atoms with Crippen LogP contribution in [0, 0.1) is 11.6 Å². The molecule has 4 heteroatoms. The molecule has 1 aromatic heterocycles. The molecule has 0 unspecified atom stereocenters. The number of aromatic nitrogens is 1. The van der Waals surface area contributed by atoms with Crippen LogP contribution >= 0.6 is 11.3 Å². The molecule has 0 N–H and O–H groups in total. The van der Waals surface area contributed by atoms with Crippen molar-refractivity contribution in [2.24, 2.45) is 0 Å². The second kappa shape index (κ2) is 2.23. The highest BCUT2D eigenvalue weighted by Crippen LogP contribution is 2.22. The summed E-state index contributed by atoms with van der Waals surface area (Å²) in [5.74, 6) is -1.62. The Morgan fingerprint density at radius 2 is 2.09 bits per heavy atom. The van der Waals surface area contributed by atoms with E-state index in [1.807, 2.05) is 0 Å². The summed E-state index contributed by atoms with van der Waals surface area (Å²) < 4.78 is 25.6. The number of hydrogen-bond acceptors (Lipinski definition) is 2. The first kappa shape index (κ1) is 6.67. The fourth-order valence-electron chi connectivity index (χ4n) is 0.871. The normalized spacial score (nSPS) is 10.7. The maximum atomic E-state index is 12.8. The average molecular weight is 171 g/mol. The van der Waals surface area contributed by atoms with Gasteiger partial charge in [-0.3, -0.25) is 0 Å². The van der Waals surface area contributed by atoms with Crippen LogP contribution in [0.15, 0.2) is 17.6 Å². The number of rotatable bonds is 0. The zero-order chi connectivity index (χ0) is 7.84. The van der Waals surface area contributed by atoms with Gasteiger partial charge in [0.1, 0.15) is 0 Å². The van der Waals surface area contributed by atoms with E-state index < -0.39 is 11.6 Å². The molecule has 2 aromatic rings. The summed E-state index contributed by atoms with van der Waals surface area (Å²) in [5, 5.41) is 0. The van der Waals surface area contributed by atoms with E-state index >= 15 is 0 Å². The van der Waals surface area contributed by atoms with Crippen molar-refractivity contribution >= 4 is 21.6 Å². The Labute approximate surface area is 65.3 Å². The Morgan fingerprint density at radius 1 is 1.27 bits per heavy atom. The fourth-order valence-corrected chi connectivity index (χ4v) is 1.59. The Balaban J connectivity index is 2.93. The fraction of sp³-hybridized carbons (Fsp3) is 0. The predicted molar refractivity (Wildman–Crippen MR) is 39.5 cm³/mol. The Morgan fingerprint density at radius 3 is 2.91 bits per heavy atom. The van der Waals surface area contributed by atoms with Gasteiger partial charge in [-0.25, -0.2) is 13.8 Å². The second-order valence-electron chi connectivity index (χ2n) is 2.06. The molecular weight excluding hydrogens is 168 g/mol. The third kappa shape index (κ3) is 0.903. The van der Waals surface area contributed by atoms with E-state index in [4.69, 9.17) is 0 Å². The molecule has 0 saturated heterocycles. The van der Waals surface area contributed by atoms with Gasteiger partial charge in [-0.1, -0.05) is 0 Å². The van der Waals surface area contributed by atoms with Crippen molar-refractivity contribution in [3.05, 3.63) is 29.3 Å². The van der Waals surface area contributed by atoms with Gasteiger partial charge in [0.05, 0.1) is 15.7 Å². The van der Waals surface area contributed by atoms with Crippen molar-refractivity contribution < 1.29 is 8.78 Å². The first-order chi connectivity index (χ1) is 5.29. The SMILES string of the molecule is Fc1ccc2ncsc2c1F. The summed E-state index contributed by atoms with van der Waals surface area (Å²) in [6.45, 7) is 0. The van der Waals surface area contributed by atoms with Crippen LogP contribution in [-0.2, 0) is 0 Å². The summed E-state index contributed by atoms with van der Waals surface area (Å²) in [6, 6.07) is 2.54. The van der Waals surface area contributed by atoms with E-state index in [2.05, 4.69) is 4.98 Å². The highest BCUT2D eigenvalue weighted by molar-refractivity contribution is 7.16. The van der Waals surface area contributed by atoms with Gasteiger partial charge >= 0.3 is 0 Å². The highest BCUT2D eigenvalue weighted by Gasteiger charge is 2.07. The van der Waals surface area contributed by atoms with Crippen LogP contribution in [-0.4, -0.2) is 4.98 Å². The first-order valence-corrected chi connectivity index (χ1v) is 3.84. The van der Waals surface area contributed by atoms with Gasteiger partial charge in [-0.15, -0.1) is 11.3 Å². The zero-order valence-electron chi connectivity index (χ0n) is 5.34. The molecule has 0 fully saturated rings. The average Bonchev–Trinajstić information content (AvgIpc) is 2.45. The molecule has 0 atom stereocenters. The third-order valence-corrected chi connectivity index (χ3v) is 2.23. The zero-order valence-corrected chi connectivity index (χ0v) is 6.16. The lowest BCUT2D eigenvalue weighted by molar-refractivity contribution is 0.518. The van der Waals surface area contributed by atoms with Crippen molar-refractivity contribution in [2.75, 3.05) is 0 Å². The molecule has 0 aliphatic rings. The van der Waals surface area contributed by atoms with Crippen LogP contribution < -0.4 is 0 Å². The van der Waals surface area contributed by atoms with E-state index in [9.17, 15) is 8.78 Å². The first-order valence-electron chi connectivity index (χ1n) is 2.96. The Hall–Kier alpha value is -1.03. The molecule has 0 saturated carbocycles. The van der Waals surface area contributed by atoms with Gasteiger partial charge in [0, 0.05) is 0 Å². The lowest BCUT2D eigenvalue weighted by Crippen LogP contribution is -1.81. The maximum Gasteiger partial charge on any atom is 0.178 e. The summed E-state index contributed by atoms with van der Waals surface area (Å²) in [7, 11) is 0. The maximum absolute atomic E-state index is 12.8. The minimum Gasteiger partial charge on any atom is -0.245 e. The summed E-state index contributed by atoms with van der Waals surface area (Å²) in [6.07, 6.45) is 0. The molecule has 0 bridgehead atoms. The summed E-state index contributed by atoms with van der Waals surface area (Å²) >= 11 is 1.10. The molecule has 1 nitrogen and oxygen atoms in total. The minimum absolute atomic E-state index is 0.282.